The maximum Gasteiger partial charge on any atom is 0.234 e. The van der Waals surface area contributed by atoms with Crippen LogP contribution in [-0.2, 0) is 11.3 Å². The van der Waals surface area contributed by atoms with E-state index in [9.17, 15) is 4.79 Å². The Morgan fingerprint density at radius 2 is 2.04 bits per heavy atom. The van der Waals surface area contributed by atoms with E-state index in [1.807, 2.05) is 36.0 Å². The molecule has 5 heteroatoms. The predicted octanol–water partition coefficient (Wildman–Crippen LogP) is 2.88. The fourth-order valence-electron chi connectivity index (χ4n) is 3.12. The molecule has 1 fully saturated rings. The van der Waals surface area contributed by atoms with Gasteiger partial charge in [0.05, 0.1) is 18.8 Å². The summed E-state index contributed by atoms with van der Waals surface area (Å²) in [6, 6.07) is 16.5. The van der Waals surface area contributed by atoms with Crippen LogP contribution < -0.4 is 5.32 Å². The van der Waals surface area contributed by atoms with E-state index in [1.165, 1.54) is 5.56 Å². The van der Waals surface area contributed by atoms with Crippen molar-refractivity contribution in [3.63, 3.8) is 0 Å². The van der Waals surface area contributed by atoms with Gasteiger partial charge >= 0.3 is 0 Å². The number of carbonyl (C=O) groups excluding carboxylic acids is 1. The molecule has 1 aromatic carbocycles. The summed E-state index contributed by atoms with van der Waals surface area (Å²) in [7, 11) is 0. The molecule has 0 aliphatic carbocycles. The molecule has 1 N–H and O–H groups in total. The highest BCUT2D eigenvalue weighted by Crippen LogP contribution is 2.35. The monoisotopic (exact) mass is 341 g/mol. The third-order valence-electron chi connectivity index (χ3n) is 4.28. The number of nitrogens with one attached hydrogen (secondary N) is 1. The predicted molar refractivity (Wildman–Crippen MR) is 98.8 cm³/mol. The molecule has 3 rings (SSSR count). The van der Waals surface area contributed by atoms with Crippen LogP contribution in [0.25, 0.3) is 0 Å². The number of carbonyl (C=O) groups is 1. The normalized spacial score (nSPS) is 21.4. The van der Waals surface area contributed by atoms with Gasteiger partial charge in [-0.3, -0.25) is 14.7 Å². The first-order valence-electron chi connectivity index (χ1n) is 8.31. The van der Waals surface area contributed by atoms with Gasteiger partial charge in [0.1, 0.15) is 0 Å². The molecule has 2 heterocycles. The Morgan fingerprint density at radius 3 is 2.79 bits per heavy atom. The zero-order valence-corrected chi connectivity index (χ0v) is 14.7. The molecule has 1 aliphatic heterocycles. The molecule has 0 unspecified atom stereocenters. The Balaban J connectivity index is 1.62. The zero-order valence-electron chi connectivity index (χ0n) is 13.9. The van der Waals surface area contributed by atoms with Gasteiger partial charge < -0.3 is 5.32 Å². The molecule has 1 amide bonds. The Morgan fingerprint density at radius 1 is 1.25 bits per heavy atom. The first kappa shape index (κ1) is 17.0. The van der Waals surface area contributed by atoms with Crippen LogP contribution in [-0.4, -0.2) is 39.9 Å². The standard InChI is InChI=1S/C19H23N3OS/c1-15-19(16-7-3-2-4-8-16)22(11-12-24-15)14-18(23)21-13-17-9-5-6-10-20-17/h2-10,15,19H,11-14H2,1H3,(H,21,23)/t15-,19+/m0/s1. The lowest BCUT2D eigenvalue weighted by atomic mass is 10.0. The first-order valence-corrected chi connectivity index (χ1v) is 9.36. The van der Waals surface area contributed by atoms with Gasteiger partial charge in [0.25, 0.3) is 0 Å². The van der Waals surface area contributed by atoms with Crippen LogP contribution >= 0.6 is 11.8 Å². The summed E-state index contributed by atoms with van der Waals surface area (Å²) in [5.41, 5.74) is 2.17. The number of hydrogen-bond acceptors (Lipinski definition) is 4. The number of nitrogens with zero attached hydrogens (tertiary/aromatic N) is 2. The van der Waals surface area contributed by atoms with Gasteiger partial charge in [-0.05, 0) is 17.7 Å². The van der Waals surface area contributed by atoms with Gasteiger partial charge in [-0.1, -0.05) is 43.3 Å². The van der Waals surface area contributed by atoms with E-state index in [1.54, 1.807) is 6.20 Å². The number of rotatable bonds is 5. The molecule has 2 aromatic rings. The maximum absolute atomic E-state index is 12.4. The summed E-state index contributed by atoms with van der Waals surface area (Å²) in [4.78, 5) is 18.9. The second-order valence-electron chi connectivity index (χ2n) is 6.00. The molecule has 1 saturated heterocycles. The lowest BCUT2D eigenvalue weighted by Crippen LogP contribution is -2.45. The highest BCUT2D eigenvalue weighted by Gasteiger charge is 2.31. The topological polar surface area (TPSA) is 45.2 Å². The minimum absolute atomic E-state index is 0.0562. The van der Waals surface area contributed by atoms with Crippen molar-refractivity contribution in [1.29, 1.82) is 0 Å². The van der Waals surface area contributed by atoms with E-state index in [4.69, 9.17) is 0 Å². The van der Waals surface area contributed by atoms with Gasteiger partial charge in [0.2, 0.25) is 5.91 Å². The van der Waals surface area contributed by atoms with Gasteiger partial charge in [-0.2, -0.15) is 11.8 Å². The van der Waals surface area contributed by atoms with Crippen molar-refractivity contribution in [2.45, 2.75) is 24.8 Å². The molecule has 4 nitrogen and oxygen atoms in total. The van der Waals surface area contributed by atoms with Gasteiger partial charge in [0, 0.05) is 29.8 Å². The largest absolute Gasteiger partial charge is 0.349 e. The van der Waals surface area contributed by atoms with Crippen LogP contribution in [0.2, 0.25) is 0 Å². The van der Waals surface area contributed by atoms with Crippen LogP contribution in [0.5, 0.6) is 0 Å². The summed E-state index contributed by atoms with van der Waals surface area (Å²) in [5.74, 6) is 1.12. The molecule has 0 radical (unpaired) electrons. The molecule has 2 atom stereocenters. The lowest BCUT2D eigenvalue weighted by molar-refractivity contribution is -0.123. The molecule has 0 saturated carbocycles. The van der Waals surface area contributed by atoms with Crippen molar-refractivity contribution in [3.05, 3.63) is 66.0 Å². The van der Waals surface area contributed by atoms with Crippen LogP contribution in [0.4, 0.5) is 0 Å². The molecule has 1 aromatic heterocycles. The first-order chi connectivity index (χ1) is 11.7. The summed E-state index contributed by atoms with van der Waals surface area (Å²) in [6.07, 6.45) is 1.75. The van der Waals surface area contributed by atoms with Crippen molar-refractivity contribution < 1.29 is 4.79 Å². The van der Waals surface area contributed by atoms with Crippen LogP contribution in [0.15, 0.2) is 54.7 Å². The Hall–Kier alpha value is -1.85. The van der Waals surface area contributed by atoms with Gasteiger partial charge in [0.15, 0.2) is 0 Å². The van der Waals surface area contributed by atoms with Crippen molar-refractivity contribution in [3.8, 4) is 0 Å². The van der Waals surface area contributed by atoms with Crippen LogP contribution in [0.1, 0.15) is 24.2 Å². The molecule has 126 valence electrons. The van der Waals surface area contributed by atoms with Gasteiger partial charge in [-0.15, -0.1) is 0 Å². The summed E-state index contributed by atoms with van der Waals surface area (Å²) < 4.78 is 0. The third-order valence-corrected chi connectivity index (χ3v) is 5.48. The minimum Gasteiger partial charge on any atom is -0.349 e. The van der Waals surface area contributed by atoms with E-state index in [-0.39, 0.29) is 11.9 Å². The second kappa shape index (κ2) is 8.31. The van der Waals surface area contributed by atoms with Crippen LogP contribution in [0.3, 0.4) is 0 Å². The fourth-order valence-corrected chi connectivity index (χ4v) is 4.35. The summed E-state index contributed by atoms with van der Waals surface area (Å²) >= 11 is 1.98. The minimum atomic E-state index is 0.0562. The van der Waals surface area contributed by atoms with E-state index >= 15 is 0 Å². The molecule has 1 aliphatic rings. The maximum atomic E-state index is 12.4. The molecule has 0 spiro atoms. The van der Waals surface area contributed by atoms with E-state index in [2.05, 4.69) is 46.4 Å². The highest BCUT2D eigenvalue weighted by atomic mass is 32.2. The van der Waals surface area contributed by atoms with Gasteiger partial charge in [-0.25, -0.2) is 0 Å². The Labute approximate surface area is 147 Å². The zero-order chi connectivity index (χ0) is 16.8. The smallest absolute Gasteiger partial charge is 0.234 e. The van der Waals surface area contributed by atoms with Crippen molar-refractivity contribution >= 4 is 17.7 Å². The number of hydrogen-bond donors (Lipinski definition) is 1. The second-order valence-corrected chi connectivity index (χ2v) is 7.48. The van der Waals surface area contributed by atoms with Crippen molar-refractivity contribution in [2.75, 3.05) is 18.8 Å². The summed E-state index contributed by atoms with van der Waals surface area (Å²) in [5, 5.41) is 3.46. The third kappa shape index (κ3) is 4.36. The molecular weight excluding hydrogens is 318 g/mol. The average Bonchev–Trinajstić information content (AvgIpc) is 2.62. The average molecular weight is 341 g/mol. The Bertz CT molecular complexity index is 650. The highest BCUT2D eigenvalue weighted by molar-refractivity contribution is 8.00. The number of benzene rings is 1. The molecule has 0 bridgehead atoms. The number of amides is 1. The van der Waals surface area contributed by atoms with E-state index in [0.717, 1.165) is 18.0 Å². The number of thioether (sulfide) groups is 1. The van der Waals surface area contributed by atoms with Crippen molar-refractivity contribution in [1.82, 2.24) is 15.2 Å². The fraction of sp³-hybridized carbons (Fsp3) is 0.368. The van der Waals surface area contributed by atoms with E-state index < -0.39 is 0 Å². The quantitative estimate of drug-likeness (QED) is 0.908. The Kier molecular flexibility index (Phi) is 5.88. The molecular formula is C19H23N3OS. The summed E-state index contributed by atoms with van der Waals surface area (Å²) in [6.45, 7) is 4.09. The lowest BCUT2D eigenvalue weighted by Gasteiger charge is -2.39. The SMILES string of the molecule is C[C@@H]1SCCN(CC(=O)NCc2ccccn2)[C@H]1c1ccccc1. The van der Waals surface area contributed by atoms with E-state index in [0.29, 0.717) is 18.3 Å². The number of aromatic nitrogens is 1. The molecule has 24 heavy (non-hydrogen) atoms. The number of pyridine rings is 1. The van der Waals surface area contributed by atoms with Crippen molar-refractivity contribution in [2.24, 2.45) is 0 Å². The van der Waals surface area contributed by atoms with Crippen LogP contribution in [0, 0.1) is 0 Å².